The zero-order chi connectivity index (χ0) is 19.2. The van der Waals surface area contributed by atoms with Gasteiger partial charge in [0, 0.05) is 37.8 Å². The van der Waals surface area contributed by atoms with E-state index in [0.29, 0.717) is 25.2 Å². The number of carbonyl (C=O) groups is 2. The molecule has 1 saturated heterocycles. The van der Waals surface area contributed by atoms with Crippen molar-refractivity contribution in [3.05, 3.63) is 58.0 Å². The summed E-state index contributed by atoms with van der Waals surface area (Å²) in [6.07, 6.45) is 3.27. The Morgan fingerprint density at radius 3 is 2.81 bits per heavy atom. The second-order valence-electron chi connectivity index (χ2n) is 6.71. The van der Waals surface area contributed by atoms with Crippen molar-refractivity contribution in [3.8, 4) is 0 Å². The summed E-state index contributed by atoms with van der Waals surface area (Å²) >= 11 is 0. The van der Waals surface area contributed by atoms with Crippen LogP contribution in [0.1, 0.15) is 48.7 Å². The third-order valence-electron chi connectivity index (χ3n) is 4.55. The van der Waals surface area contributed by atoms with Crippen LogP contribution in [-0.4, -0.2) is 33.0 Å². The Hall–Kier alpha value is -2.96. The molecule has 2 heterocycles. The molecule has 1 fully saturated rings. The van der Waals surface area contributed by atoms with Crippen LogP contribution in [0.25, 0.3) is 0 Å². The fraction of sp³-hybridized carbons (Fsp3) is 0.400. The van der Waals surface area contributed by atoms with Crippen LogP contribution in [0, 0.1) is 0 Å². The smallest absolute Gasteiger partial charge is 0.276 e. The first kappa shape index (κ1) is 18.8. The van der Waals surface area contributed by atoms with Crippen molar-refractivity contribution < 1.29 is 9.59 Å². The van der Waals surface area contributed by atoms with Crippen molar-refractivity contribution in [2.75, 3.05) is 11.9 Å². The number of unbranched alkanes of at least 4 members (excludes halogenated alkanes) is 1. The summed E-state index contributed by atoms with van der Waals surface area (Å²) in [5.74, 6) is -0.197. The maximum absolute atomic E-state index is 12.5. The highest BCUT2D eigenvalue weighted by molar-refractivity contribution is 6.02. The minimum Gasteiger partial charge on any atom is -0.338 e. The van der Waals surface area contributed by atoms with Crippen molar-refractivity contribution >= 4 is 17.5 Å². The maximum atomic E-state index is 12.5. The Balaban J connectivity index is 1.69. The maximum Gasteiger partial charge on any atom is 0.276 e. The number of benzene rings is 1. The number of hydrogen-bond donors (Lipinski definition) is 1. The Morgan fingerprint density at radius 1 is 1.22 bits per heavy atom. The van der Waals surface area contributed by atoms with Crippen LogP contribution in [0.3, 0.4) is 0 Å². The van der Waals surface area contributed by atoms with E-state index < -0.39 is 0 Å². The van der Waals surface area contributed by atoms with E-state index in [9.17, 15) is 14.4 Å². The summed E-state index contributed by atoms with van der Waals surface area (Å²) in [6, 6.07) is 10.2. The number of aromatic nitrogens is 2. The molecule has 142 valence electrons. The van der Waals surface area contributed by atoms with Gasteiger partial charge in [-0.05, 0) is 36.6 Å². The molecule has 1 aromatic heterocycles. The van der Waals surface area contributed by atoms with Crippen molar-refractivity contribution in [3.63, 3.8) is 0 Å². The van der Waals surface area contributed by atoms with Crippen molar-refractivity contribution in [1.82, 2.24) is 14.7 Å². The lowest BCUT2D eigenvalue weighted by Crippen LogP contribution is -2.26. The van der Waals surface area contributed by atoms with Crippen LogP contribution in [0.5, 0.6) is 0 Å². The highest BCUT2D eigenvalue weighted by Gasteiger charge is 2.20. The molecule has 0 saturated carbocycles. The minimum absolute atomic E-state index is 0.169. The molecule has 1 N–H and O–H groups in total. The fourth-order valence-corrected chi connectivity index (χ4v) is 3.07. The first-order valence-electron chi connectivity index (χ1n) is 9.33. The van der Waals surface area contributed by atoms with Gasteiger partial charge in [-0.15, -0.1) is 0 Å². The molecule has 0 spiro atoms. The van der Waals surface area contributed by atoms with Crippen LogP contribution >= 0.6 is 0 Å². The van der Waals surface area contributed by atoms with E-state index in [-0.39, 0.29) is 23.1 Å². The van der Waals surface area contributed by atoms with Gasteiger partial charge in [-0.1, -0.05) is 25.5 Å². The number of nitrogens with one attached hydrogen (secondary N) is 1. The zero-order valence-electron chi connectivity index (χ0n) is 15.5. The van der Waals surface area contributed by atoms with Gasteiger partial charge in [0.2, 0.25) is 5.91 Å². The molecular formula is C20H24N4O3. The first-order valence-corrected chi connectivity index (χ1v) is 9.33. The Morgan fingerprint density at radius 2 is 2.07 bits per heavy atom. The van der Waals surface area contributed by atoms with E-state index in [4.69, 9.17) is 0 Å². The average molecular weight is 368 g/mol. The summed E-state index contributed by atoms with van der Waals surface area (Å²) in [7, 11) is 0. The molecule has 0 atom stereocenters. The molecule has 2 aromatic rings. The number of nitrogens with zero attached hydrogens (tertiary/aromatic N) is 3. The highest BCUT2D eigenvalue weighted by Crippen LogP contribution is 2.17. The molecule has 7 nitrogen and oxygen atoms in total. The molecule has 27 heavy (non-hydrogen) atoms. The van der Waals surface area contributed by atoms with Gasteiger partial charge >= 0.3 is 0 Å². The van der Waals surface area contributed by atoms with Crippen LogP contribution in [0.2, 0.25) is 0 Å². The predicted octanol–water partition coefficient (Wildman–Crippen LogP) is 2.42. The molecule has 0 unspecified atom stereocenters. The van der Waals surface area contributed by atoms with Gasteiger partial charge in [0.1, 0.15) is 5.69 Å². The summed E-state index contributed by atoms with van der Waals surface area (Å²) < 4.78 is 1.33. The lowest BCUT2D eigenvalue weighted by molar-refractivity contribution is -0.128. The summed E-state index contributed by atoms with van der Waals surface area (Å²) in [6.45, 7) is 3.85. The lowest BCUT2D eigenvalue weighted by atomic mass is 10.2. The average Bonchev–Trinajstić information content (AvgIpc) is 3.06. The number of carbonyl (C=O) groups excluding carboxylic acids is 2. The van der Waals surface area contributed by atoms with Gasteiger partial charge < -0.3 is 10.2 Å². The highest BCUT2D eigenvalue weighted by atomic mass is 16.2. The Bertz CT molecular complexity index is 891. The SMILES string of the molecule is CCCCn1nc(C(=O)Nc2cccc(CN3CCCC3=O)c2)ccc1=O. The lowest BCUT2D eigenvalue weighted by Gasteiger charge is -2.16. The standard InChI is InChI=1S/C20H24N4O3/c1-2-3-12-24-19(26)10-9-17(22-24)20(27)21-16-7-4-6-15(13-16)14-23-11-5-8-18(23)25/h4,6-7,9-10,13H,2-3,5,8,11-12,14H2,1H3,(H,21,27). The molecule has 1 aliphatic heterocycles. The molecule has 1 aliphatic rings. The van der Waals surface area contributed by atoms with Crippen molar-refractivity contribution in [2.24, 2.45) is 0 Å². The van der Waals surface area contributed by atoms with Crippen LogP contribution < -0.4 is 10.9 Å². The second-order valence-corrected chi connectivity index (χ2v) is 6.71. The largest absolute Gasteiger partial charge is 0.338 e. The zero-order valence-corrected chi connectivity index (χ0v) is 15.5. The molecule has 3 rings (SSSR count). The van der Waals surface area contributed by atoms with Gasteiger partial charge in [0.15, 0.2) is 0 Å². The number of rotatable bonds is 7. The number of aryl methyl sites for hydroxylation is 1. The van der Waals surface area contributed by atoms with E-state index >= 15 is 0 Å². The van der Waals surface area contributed by atoms with Gasteiger partial charge in [-0.25, -0.2) is 4.68 Å². The van der Waals surface area contributed by atoms with E-state index in [0.717, 1.165) is 31.4 Å². The summed E-state index contributed by atoms with van der Waals surface area (Å²) in [4.78, 5) is 37.9. The second kappa shape index (κ2) is 8.62. The number of anilines is 1. The van der Waals surface area contributed by atoms with Crippen molar-refractivity contribution in [1.29, 1.82) is 0 Å². The first-order chi connectivity index (χ1) is 13.1. The van der Waals surface area contributed by atoms with Crippen LogP contribution in [-0.2, 0) is 17.9 Å². The van der Waals surface area contributed by atoms with Gasteiger partial charge in [0.05, 0.1) is 0 Å². The third kappa shape index (κ3) is 4.81. The minimum atomic E-state index is -0.366. The quantitative estimate of drug-likeness (QED) is 0.813. The van der Waals surface area contributed by atoms with Crippen LogP contribution in [0.4, 0.5) is 5.69 Å². The molecule has 0 aliphatic carbocycles. The summed E-state index contributed by atoms with van der Waals surface area (Å²) in [5.41, 5.74) is 1.59. The molecule has 7 heteroatoms. The number of hydrogen-bond acceptors (Lipinski definition) is 4. The van der Waals surface area contributed by atoms with Crippen molar-refractivity contribution in [2.45, 2.75) is 45.7 Å². The molecule has 0 radical (unpaired) electrons. The van der Waals surface area contributed by atoms with E-state index in [2.05, 4.69) is 10.4 Å². The summed E-state index contributed by atoms with van der Waals surface area (Å²) in [5, 5.41) is 6.98. The van der Waals surface area contributed by atoms with E-state index in [1.807, 2.05) is 30.0 Å². The Kier molecular flexibility index (Phi) is 6.01. The van der Waals surface area contributed by atoms with Gasteiger partial charge in [-0.2, -0.15) is 5.10 Å². The van der Waals surface area contributed by atoms with Gasteiger partial charge in [-0.3, -0.25) is 14.4 Å². The van der Waals surface area contributed by atoms with E-state index in [1.165, 1.54) is 16.8 Å². The molecular weight excluding hydrogens is 344 g/mol. The molecule has 1 aromatic carbocycles. The molecule has 2 amide bonds. The third-order valence-corrected chi connectivity index (χ3v) is 4.55. The fourth-order valence-electron chi connectivity index (χ4n) is 3.07. The number of likely N-dealkylation sites (tertiary alicyclic amines) is 1. The monoisotopic (exact) mass is 368 g/mol. The molecule has 0 bridgehead atoms. The van der Waals surface area contributed by atoms with Gasteiger partial charge in [0.25, 0.3) is 11.5 Å². The van der Waals surface area contributed by atoms with E-state index in [1.54, 1.807) is 6.07 Å². The van der Waals surface area contributed by atoms with Crippen LogP contribution in [0.15, 0.2) is 41.2 Å². The number of amides is 2. The topological polar surface area (TPSA) is 84.3 Å². The predicted molar refractivity (Wildman–Crippen MR) is 102 cm³/mol. The normalized spacial score (nSPS) is 13.8. The Labute approximate surface area is 158 Å².